The van der Waals surface area contributed by atoms with Crippen LogP contribution in [0, 0.1) is 6.92 Å². The topological polar surface area (TPSA) is 108 Å². The van der Waals surface area contributed by atoms with Gasteiger partial charge in [-0.2, -0.15) is 4.98 Å². The summed E-state index contributed by atoms with van der Waals surface area (Å²) in [6, 6.07) is 7.76. The molecule has 0 aliphatic carbocycles. The molecule has 0 aliphatic heterocycles. The normalized spacial score (nSPS) is 11.6. The Labute approximate surface area is 237 Å². The number of likely N-dealkylation sites (N-methyl/N-ethyl adjacent to an activating group) is 2. The van der Waals surface area contributed by atoms with Gasteiger partial charge in [0.25, 0.3) is 0 Å². The summed E-state index contributed by atoms with van der Waals surface area (Å²) in [5.74, 6) is 1.58. The Morgan fingerprint density at radius 2 is 1.74 bits per heavy atom. The molecular weight excluding hydrogens is 579 g/mol. The van der Waals surface area contributed by atoms with Gasteiger partial charge in [-0.3, -0.25) is 9.97 Å². The van der Waals surface area contributed by atoms with E-state index in [0.29, 0.717) is 44.0 Å². The van der Waals surface area contributed by atoms with Gasteiger partial charge in [-0.15, -0.1) is 0 Å². The molecule has 0 spiro atoms. The number of hydrogen-bond acceptors (Lipinski definition) is 10. The maximum Gasteiger partial charge on any atom is 0.229 e. The molecule has 2 aromatic carbocycles. The van der Waals surface area contributed by atoms with Crippen LogP contribution in [0.1, 0.15) is 5.56 Å². The molecule has 2 N–H and O–H groups in total. The Balaban J connectivity index is 1.66. The summed E-state index contributed by atoms with van der Waals surface area (Å²) in [5.41, 5.74) is 4.88. The molecule has 4 aromatic rings. The van der Waals surface area contributed by atoms with E-state index in [9.17, 15) is 4.57 Å². The minimum absolute atomic E-state index is 0.380. The van der Waals surface area contributed by atoms with Crippen molar-refractivity contribution < 1.29 is 9.30 Å². The van der Waals surface area contributed by atoms with Gasteiger partial charge in [0.2, 0.25) is 5.95 Å². The van der Waals surface area contributed by atoms with E-state index in [1.807, 2.05) is 24.3 Å². The first-order chi connectivity index (χ1) is 18.5. The molecule has 0 radical (unpaired) electrons. The first-order valence-electron chi connectivity index (χ1n) is 12.4. The highest BCUT2D eigenvalue weighted by atomic mass is 79.9. The number of halogens is 1. The largest absolute Gasteiger partial charge is 0.494 e. The fraction of sp³-hybridized carbons (Fsp3) is 0.333. The number of fused-ring (bicyclic) bond motifs is 1. The van der Waals surface area contributed by atoms with Gasteiger partial charge >= 0.3 is 0 Å². The Morgan fingerprint density at radius 1 is 1.00 bits per heavy atom. The van der Waals surface area contributed by atoms with Gasteiger partial charge in [-0.05, 0) is 74.0 Å². The van der Waals surface area contributed by atoms with Crippen LogP contribution in [0.5, 0.6) is 5.75 Å². The lowest BCUT2D eigenvalue weighted by atomic mass is 10.1. The van der Waals surface area contributed by atoms with E-state index >= 15 is 0 Å². The highest BCUT2D eigenvalue weighted by Crippen LogP contribution is 2.41. The zero-order valence-corrected chi connectivity index (χ0v) is 25.8. The van der Waals surface area contributed by atoms with Gasteiger partial charge in [0.05, 0.1) is 33.8 Å². The van der Waals surface area contributed by atoms with E-state index in [0.717, 1.165) is 30.0 Å². The summed E-state index contributed by atoms with van der Waals surface area (Å²) in [7, 11) is 5.13. The number of aryl methyl sites for hydroxylation is 1. The Morgan fingerprint density at radius 3 is 2.44 bits per heavy atom. The van der Waals surface area contributed by atoms with Crippen LogP contribution in [0.15, 0.2) is 47.3 Å². The van der Waals surface area contributed by atoms with Crippen molar-refractivity contribution in [3.8, 4) is 5.75 Å². The molecule has 0 saturated heterocycles. The summed E-state index contributed by atoms with van der Waals surface area (Å²) >= 11 is 3.54. The molecule has 0 fully saturated rings. The number of aromatic nitrogens is 4. The van der Waals surface area contributed by atoms with Crippen LogP contribution in [-0.4, -0.2) is 79.5 Å². The van der Waals surface area contributed by atoms with E-state index in [1.165, 1.54) is 0 Å². The summed E-state index contributed by atoms with van der Waals surface area (Å²) in [6.45, 7) is 7.34. The molecular formula is C27H34BrN8O2P. The lowest BCUT2D eigenvalue weighted by Crippen LogP contribution is -2.28. The Kier molecular flexibility index (Phi) is 8.73. The lowest BCUT2D eigenvalue weighted by molar-refractivity contribution is 0.413. The second-order valence-corrected chi connectivity index (χ2v) is 13.9. The minimum atomic E-state index is -2.72. The molecule has 2 aromatic heterocycles. The van der Waals surface area contributed by atoms with E-state index in [-0.39, 0.29) is 0 Å². The second kappa shape index (κ2) is 11.9. The zero-order valence-electron chi connectivity index (χ0n) is 23.3. The summed E-state index contributed by atoms with van der Waals surface area (Å²) in [6.07, 6.45) is 4.89. The van der Waals surface area contributed by atoms with Crippen molar-refractivity contribution in [2.75, 3.05) is 70.2 Å². The molecule has 39 heavy (non-hydrogen) atoms. The molecule has 10 nitrogen and oxygen atoms in total. The van der Waals surface area contributed by atoms with E-state index in [2.05, 4.69) is 79.4 Å². The number of rotatable bonds is 10. The molecule has 0 atom stereocenters. The van der Waals surface area contributed by atoms with Gasteiger partial charge in [0, 0.05) is 50.5 Å². The summed E-state index contributed by atoms with van der Waals surface area (Å²) in [5, 5.41) is 7.25. The van der Waals surface area contributed by atoms with Gasteiger partial charge in [-0.1, -0.05) is 0 Å². The zero-order chi connectivity index (χ0) is 28.3. The highest BCUT2D eigenvalue weighted by molar-refractivity contribution is 9.10. The predicted octanol–water partition coefficient (Wildman–Crippen LogP) is 5.23. The van der Waals surface area contributed by atoms with Crippen molar-refractivity contribution in [1.29, 1.82) is 0 Å². The number of benzene rings is 2. The third kappa shape index (κ3) is 6.66. The smallest absolute Gasteiger partial charge is 0.229 e. The number of hydrogen-bond donors (Lipinski definition) is 2. The van der Waals surface area contributed by atoms with E-state index < -0.39 is 7.14 Å². The monoisotopic (exact) mass is 612 g/mol. The number of nitrogens with zero attached hydrogens (tertiary/aromatic N) is 6. The molecule has 0 saturated carbocycles. The van der Waals surface area contributed by atoms with Crippen LogP contribution in [0.4, 0.5) is 28.8 Å². The average molecular weight is 614 g/mol. The SMILES string of the molecule is COc1cc(N(C)CCN(C)C)c(C)cc1Nc1ncc(Br)c(Nc2ccc3nccnc3c2P(C)(C)=O)n1. The van der Waals surface area contributed by atoms with Crippen LogP contribution in [0.3, 0.4) is 0 Å². The van der Waals surface area contributed by atoms with Crippen molar-refractivity contribution >= 4 is 68.2 Å². The van der Waals surface area contributed by atoms with Gasteiger partial charge in [0.1, 0.15) is 24.2 Å². The molecule has 206 valence electrons. The van der Waals surface area contributed by atoms with E-state index in [4.69, 9.17) is 9.72 Å². The minimum Gasteiger partial charge on any atom is -0.494 e. The molecule has 0 unspecified atom stereocenters. The van der Waals surface area contributed by atoms with Crippen LogP contribution < -0.4 is 25.6 Å². The van der Waals surface area contributed by atoms with Gasteiger partial charge in [-0.25, -0.2) is 4.98 Å². The Hall–Kier alpha value is -3.27. The van der Waals surface area contributed by atoms with Crippen molar-refractivity contribution in [2.24, 2.45) is 0 Å². The van der Waals surface area contributed by atoms with Gasteiger partial charge in [0.15, 0.2) is 0 Å². The van der Waals surface area contributed by atoms with Crippen LogP contribution >= 0.6 is 23.1 Å². The first-order valence-corrected chi connectivity index (χ1v) is 15.8. The summed E-state index contributed by atoms with van der Waals surface area (Å²) in [4.78, 5) is 22.3. The van der Waals surface area contributed by atoms with Crippen molar-refractivity contribution in [3.05, 3.63) is 52.9 Å². The fourth-order valence-electron chi connectivity index (χ4n) is 4.26. The molecule has 0 aliphatic rings. The number of methoxy groups -OCH3 is 1. The number of anilines is 5. The number of ether oxygens (including phenoxy) is 1. The van der Waals surface area contributed by atoms with Gasteiger partial charge < -0.3 is 29.7 Å². The molecule has 0 bridgehead atoms. The first kappa shape index (κ1) is 28.7. The molecule has 0 amide bonds. The third-order valence-electron chi connectivity index (χ3n) is 6.21. The fourth-order valence-corrected chi connectivity index (χ4v) is 5.94. The van der Waals surface area contributed by atoms with Crippen LogP contribution in [0.25, 0.3) is 11.0 Å². The standard InChI is InChI=1S/C27H34BrN8O2P/c1-17-14-21(23(38-5)15-22(17)36(4)13-12-35(2)3)33-27-31-16-18(28)26(34-27)32-20-9-8-19-24(30-11-10-29-19)25(20)39(6,7)37/h8-11,14-16H,12-13H2,1-7H3,(H2,31,32,33,34). The second-order valence-electron chi connectivity index (χ2n) is 9.94. The predicted molar refractivity (Wildman–Crippen MR) is 164 cm³/mol. The van der Waals surface area contributed by atoms with Crippen molar-refractivity contribution in [3.63, 3.8) is 0 Å². The third-order valence-corrected chi connectivity index (χ3v) is 8.32. The van der Waals surface area contributed by atoms with Crippen LogP contribution in [-0.2, 0) is 4.57 Å². The van der Waals surface area contributed by atoms with Crippen LogP contribution in [0.2, 0.25) is 0 Å². The maximum atomic E-state index is 13.3. The van der Waals surface area contributed by atoms with Crippen molar-refractivity contribution in [2.45, 2.75) is 6.92 Å². The summed E-state index contributed by atoms with van der Waals surface area (Å²) < 4.78 is 19.7. The highest BCUT2D eigenvalue weighted by Gasteiger charge is 2.22. The number of nitrogens with one attached hydrogen (secondary N) is 2. The molecule has 2 heterocycles. The lowest BCUT2D eigenvalue weighted by Gasteiger charge is -2.25. The maximum absolute atomic E-state index is 13.3. The Bertz CT molecular complexity index is 1540. The van der Waals surface area contributed by atoms with E-state index in [1.54, 1.807) is 39.0 Å². The quantitative estimate of drug-likeness (QED) is 0.231. The molecule has 4 rings (SSSR count). The molecule has 12 heteroatoms. The average Bonchev–Trinajstić information content (AvgIpc) is 2.88. The van der Waals surface area contributed by atoms with Crippen molar-refractivity contribution in [1.82, 2.24) is 24.8 Å².